The fourth-order valence-corrected chi connectivity index (χ4v) is 1.11. The first-order valence-corrected chi connectivity index (χ1v) is 5.08. The number of hydrogen-bond donors (Lipinski definition) is 3. The molecule has 0 unspecified atom stereocenters. The lowest BCUT2D eigenvalue weighted by Gasteiger charge is -2.15. The highest BCUT2D eigenvalue weighted by Gasteiger charge is 2.05. The molecule has 4 N–H and O–H groups in total. The van der Waals surface area contributed by atoms with Gasteiger partial charge in [-0.05, 0) is 13.0 Å². The van der Waals surface area contributed by atoms with E-state index in [1.807, 2.05) is 6.92 Å². The Kier molecular flexibility index (Phi) is 4.53. The molecule has 0 aliphatic carbocycles. The summed E-state index contributed by atoms with van der Waals surface area (Å²) >= 11 is 0. The number of anilines is 2. The van der Waals surface area contributed by atoms with Crippen molar-refractivity contribution in [3.05, 3.63) is 18.3 Å². The number of hydrogen-bond acceptors (Lipinski definition) is 5. The second kappa shape index (κ2) is 5.92. The molecule has 1 heterocycles. The van der Waals surface area contributed by atoms with Crippen molar-refractivity contribution in [2.45, 2.75) is 6.92 Å². The molecule has 1 aromatic heterocycles. The molecule has 0 spiro atoms. The summed E-state index contributed by atoms with van der Waals surface area (Å²) in [6, 6.07) is 3.51. The van der Waals surface area contributed by atoms with E-state index in [1.54, 1.807) is 30.3 Å². The van der Waals surface area contributed by atoms with Crippen LogP contribution in [0.5, 0.6) is 0 Å². The molecule has 0 saturated heterocycles. The molecule has 88 valence electrons. The van der Waals surface area contributed by atoms with E-state index < -0.39 is 0 Å². The smallest absolute Gasteiger partial charge is 0.241 e. The van der Waals surface area contributed by atoms with Gasteiger partial charge in [0, 0.05) is 31.5 Å². The summed E-state index contributed by atoms with van der Waals surface area (Å²) in [5.74, 6) is 5.83. The number of nitrogens with zero attached hydrogens (tertiary/aromatic N) is 2. The lowest BCUT2D eigenvalue weighted by molar-refractivity contribution is -0.127. The normalized spacial score (nSPS) is 9.69. The first-order chi connectivity index (χ1) is 7.67. The van der Waals surface area contributed by atoms with E-state index in [1.165, 1.54) is 0 Å². The van der Waals surface area contributed by atoms with Crippen LogP contribution in [0.1, 0.15) is 6.92 Å². The van der Waals surface area contributed by atoms with Crippen molar-refractivity contribution in [2.75, 3.05) is 30.9 Å². The summed E-state index contributed by atoms with van der Waals surface area (Å²) in [5.41, 5.74) is 3.25. The maximum Gasteiger partial charge on any atom is 0.241 e. The van der Waals surface area contributed by atoms with Gasteiger partial charge >= 0.3 is 0 Å². The molecule has 0 radical (unpaired) electrons. The number of nitrogens with two attached hydrogens (primary N) is 1. The third-order valence-electron chi connectivity index (χ3n) is 2.25. The van der Waals surface area contributed by atoms with Gasteiger partial charge in [0.1, 0.15) is 5.82 Å². The highest BCUT2D eigenvalue weighted by Crippen LogP contribution is 2.10. The molecule has 1 rings (SSSR count). The summed E-state index contributed by atoms with van der Waals surface area (Å²) in [6.07, 6.45) is 1.62. The van der Waals surface area contributed by atoms with E-state index in [4.69, 9.17) is 5.84 Å². The number of pyridine rings is 1. The van der Waals surface area contributed by atoms with Crippen LogP contribution < -0.4 is 16.6 Å². The standard InChI is InChI=1S/C10H17N5O/c1-3-15(2)10(16)7-13-8-4-5-12-9(6-8)14-11/h4-6H,3,7,11H2,1-2H3,(H2,12,13,14). The van der Waals surface area contributed by atoms with E-state index in [9.17, 15) is 4.79 Å². The maximum absolute atomic E-state index is 11.5. The highest BCUT2D eigenvalue weighted by atomic mass is 16.2. The summed E-state index contributed by atoms with van der Waals surface area (Å²) < 4.78 is 0. The molecule has 1 amide bonds. The molecule has 0 aliphatic rings. The van der Waals surface area contributed by atoms with Crippen LogP contribution in [0.3, 0.4) is 0 Å². The van der Waals surface area contributed by atoms with Gasteiger partial charge in [-0.15, -0.1) is 0 Å². The SMILES string of the molecule is CCN(C)C(=O)CNc1ccnc(NN)c1. The van der Waals surface area contributed by atoms with Crippen molar-refractivity contribution in [3.63, 3.8) is 0 Å². The Morgan fingerprint density at radius 1 is 1.62 bits per heavy atom. The largest absolute Gasteiger partial charge is 0.376 e. The minimum atomic E-state index is 0.0431. The zero-order valence-corrected chi connectivity index (χ0v) is 9.53. The van der Waals surface area contributed by atoms with Gasteiger partial charge in [-0.3, -0.25) is 4.79 Å². The van der Waals surface area contributed by atoms with Gasteiger partial charge in [-0.1, -0.05) is 0 Å². The van der Waals surface area contributed by atoms with E-state index >= 15 is 0 Å². The van der Waals surface area contributed by atoms with Crippen molar-refractivity contribution < 1.29 is 4.79 Å². The Balaban J connectivity index is 2.51. The maximum atomic E-state index is 11.5. The van der Waals surface area contributed by atoms with Gasteiger partial charge in [0.05, 0.1) is 6.54 Å². The van der Waals surface area contributed by atoms with Crippen molar-refractivity contribution in [3.8, 4) is 0 Å². The Bertz CT molecular complexity index is 355. The zero-order valence-electron chi connectivity index (χ0n) is 9.53. The van der Waals surface area contributed by atoms with Gasteiger partial charge in [-0.2, -0.15) is 0 Å². The van der Waals surface area contributed by atoms with Crippen LogP contribution in [-0.2, 0) is 4.79 Å². The van der Waals surface area contributed by atoms with Crippen molar-refractivity contribution in [1.29, 1.82) is 0 Å². The average molecular weight is 223 g/mol. The number of aromatic nitrogens is 1. The molecule has 0 aromatic carbocycles. The first-order valence-electron chi connectivity index (χ1n) is 5.08. The Labute approximate surface area is 94.8 Å². The molecule has 0 aliphatic heterocycles. The lowest BCUT2D eigenvalue weighted by Crippen LogP contribution is -2.31. The van der Waals surface area contributed by atoms with Crippen LogP contribution in [0.2, 0.25) is 0 Å². The molecular weight excluding hydrogens is 206 g/mol. The average Bonchev–Trinajstić information content (AvgIpc) is 2.35. The fourth-order valence-electron chi connectivity index (χ4n) is 1.11. The van der Waals surface area contributed by atoms with Crippen molar-refractivity contribution >= 4 is 17.4 Å². The summed E-state index contributed by atoms with van der Waals surface area (Å²) in [4.78, 5) is 17.1. The van der Waals surface area contributed by atoms with E-state index in [0.717, 1.165) is 5.69 Å². The second-order valence-electron chi connectivity index (χ2n) is 3.34. The van der Waals surface area contributed by atoms with E-state index in [-0.39, 0.29) is 12.5 Å². The second-order valence-corrected chi connectivity index (χ2v) is 3.34. The predicted octanol–water partition coefficient (Wildman–Crippen LogP) is 0.257. The Morgan fingerprint density at radius 2 is 2.38 bits per heavy atom. The molecule has 16 heavy (non-hydrogen) atoms. The third-order valence-corrected chi connectivity index (χ3v) is 2.25. The van der Waals surface area contributed by atoms with Crippen LogP contribution in [0, 0.1) is 0 Å². The van der Waals surface area contributed by atoms with Crippen LogP contribution in [0.25, 0.3) is 0 Å². The van der Waals surface area contributed by atoms with Crippen LogP contribution in [0.15, 0.2) is 18.3 Å². The van der Waals surface area contributed by atoms with Crippen LogP contribution in [0.4, 0.5) is 11.5 Å². The zero-order chi connectivity index (χ0) is 12.0. The van der Waals surface area contributed by atoms with E-state index in [2.05, 4.69) is 15.7 Å². The number of nitrogens with one attached hydrogen (secondary N) is 2. The number of hydrazine groups is 1. The van der Waals surface area contributed by atoms with Crippen LogP contribution in [-0.4, -0.2) is 35.9 Å². The number of carbonyl (C=O) groups excluding carboxylic acids is 1. The number of amides is 1. The number of likely N-dealkylation sites (N-methyl/N-ethyl adjacent to an activating group) is 1. The molecular formula is C10H17N5O. The molecule has 6 heteroatoms. The number of rotatable bonds is 5. The highest BCUT2D eigenvalue weighted by molar-refractivity contribution is 5.80. The summed E-state index contributed by atoms with van der Waals surface area (Å²) in [5, 5.41) is 3.01. The van der Waals surface area contributed by atoms with Crippen molar-refractivity contribution in [2.24, 2.45) is 5.84 Å². The Morgan fingerprint density at radius 3 is 3.00 bits per heavy atom. The quantitative estimate of drug-likeness (QED) is 0.492. The minimum Gasteiger partial charge on any atom is -0.376 e. The predicted molar refractivity (Wildman–Crippen MR) is 63.8 cm³/mol. The van der Waals surface area contributed by atoms with Crippen LogP contribution >= 0.6 is 0 Å². The number of carbonyl (C=O) groups is 1. The monoisotopic (exact) mass is 223 g/mol. The summed E-state index contributed by atoms with van der Waals surface area (Å²) in [6.45, 7) is 2.89. The van der Waals surface area contributed by atoms with Gasteiger partial charge in [-0.25, -0.2) is 10.8 Å². The molecule has 0 fully saturated rings. The topological polar surface area (TPSA) is 83.3 Å². The summed E-state index contributed by atoms with van der Waals surface area (Å²) in [7, 11) is 1.77. The molecule has 1 aromatic rings. The Hall–Kier alpha value is -1.82. The van der Waals surface area contributed by atoms with Gasteiger partial charge in [0.2, 0.25) is 5.91 Å². The fraction of sp³-hybridized carbons (Fsp3) is 0.400. The molecule has 0 bridgehead atoms. The van der Waals surface area contributed by atoms with E-state index in [0.29, 0.717) is 12.4 Å². The number of nitrogen functional groups attached to an aromatic ring is 1. The van der Waals surface area contributed by atoms with Crippen molar-refractivity contribution in [1.82, 2.24) is 9.88 Å². The lowest BCUT2D eigenvalue weighted by atomic mass is 10.3. The molecule has 0 saturated carbocycles. The van der Waals surface area contributed by atoms with Gasteiger partial charge < -0.3 is 15.6 Å². The van der Waals surface area contributed by atoms with Gasteiger partial charge in [0.15, 0.2) is 0 Å². The first kappa shape index (κ1) is 12.3. The molecule has 0 atom stereocenters. The third kappa shape index (κ3) is 3.39. The molecule has 6 nitrogen and oxygen atoms in total. The van der Waals surface area contributed by atoms with Gasteiger partial charge in [0.25, 0.3) is 0 Å². The minimum absolute atomic E-state index is 0.0431.